The highest BCUT2D eigenvalue weighted by Crippen LogP contribution is 2.09. The summed E-state index contributed by atoms with van der Waals surface area (Å²) in [7, 11) is 1.91. The molecule has 1 saturated heterocycles. The number of aryl methyl sites for hydroxylation is 2. The zero-order valence-corrected chi connectivity index (χ0v) is 11.2. The minimum Gasteiger partial charge on any atom is -0.351 e. The van der Waals surface area contributed by atoms with E-state index in [-0.39, 0.29) is 11.9 Å². The van der Waals surface area contributed by atoms with Gasteiger partial charge in [0.25, 0.3) is 0 Å². The summed E-state index contributed by atoms with van der Waals surface area (Å²) in [6, 6.07) is -0.0134. The first-order chi connectivity index (χ1) is 8.70. The summed E-state index contributed by atoms with van der Waals surface area (Å²) in [6.07, 6.45) is 6.13. The maximum atomic E-state index is 12.0. The molecule has 2 rings (SSSR count). The number of aromatic nitrogens is 2. The Morgan fingerprint density at radius 1 is 1.61 bits per heavy atom. The Balaban J connectivity index is 1.88. The van der Waals surface area contributed by atoms with Crippen molar-refractivity contribution in [1.82, 2.24) is 20.4 Å². The van der Waals surface area contributed by atoms with Gasteiger partial charge in [0, 0.05) is 25.4 Å². The van der Waals surface area contributed by atoms with Crippen LogP contribution < -0.4 is 10.6 Å². The molecule has 1 aromatic rings. The molecule has 5 heteroatoms. The lowest BCUT2D eigenvalue weighted by Crippen LogP contribution is -2.46. The lowest BCUT2D eigenvalue weighted by atomic mass is 10.0. The Bertz CT molecular complexity index is 407. The second-order valence-electron chi connectivity index (χ2n) is 4.85. The van der Waals surface area contributed by atoms with Gasteiger partial charge in [0.2, 0.25) is 5.91 Å². The van der Waals surface area contributed by atoms with E-state index in [2.05, 4.69) is 22.7 Å². The molecule has 0 bridgehead atoms. The predicted molar refractivity (Wildman–Crippen MR) is 70.1 cm³/mol. The molecule has 18 heavy (non-hydrogen) atoms. The highest BCUT2D eigenvalue weighted by atomic mass is 16.2. The van der Waals surface area contributed by atoms with Gasteiger partial charge in [-0.3, -0.25) is 9.48 Å². The lowest BCUT2D eigenvalue weighted by Gasteiger charge is -2.22. The Kier molecular flexibility index (Phi) is 4.36. The smallest absolute Gasteiger partial charge is 0.237 e. The minimum atomic E-state index is -0.0134. The summed E-state index contributed by atoms with van der Waals surface area (Å²) in [4.78, 5) is 12.0. The van der Waals surface area contributed by atoms with Crippen molar-refractivity contribution < 1.29 is 4.79 Å². The zero-order chi connectivity index (χ0) is 13.0. The van der Waals surface area contributed by atoms with Crippen molar-refractivity contribution in [3.05, 3.63) is 17.5 Å². The van der Waals surface area contributed by atoms with E-state index in [9.17, 15) is 4.79 Å². The number of rotatable bonds is 4. The molecule has 1 fully saturated rings. The molecular formula is C13H22N4O. The summed E-state index contributed by atoms with van der Waals surface area (Å²) in [5.41, 5.74) is 2.18. The van der Waals surface area contributed by atoms with Crippen molar-refractivity contribution in [2.45, 2.75) is 45.2 Å². The second kappa shape index (κ2) is 6.00. The summed E-state index contributed by atoms with van der Waals surface area (Å²) >= 11 is 0. The average Bonchev–Trinajstić information content (AvgIpc) is 2.77. The number of hydrogen-bond donors (Lipinski definition) is 2. The van der Waals surface area contributed by atoms with Gasteiger partial charge in [-0.05, 0) is 25.8 Å². The zero-order valence-electron chi connectivity index (χ0n) is 11.2. The van der Waals surface area contributed by atoms with E-state index >= 15 is 0 Å². The summed E-state index contributed by atoms with van der Waals surface area (Å²) in [5.74, 6) is 0.112. The molecule has 0 saturated carbocycles. The maximum Gasteiger partial charge on any atom is 0.237 e. The van der Waals surface area contributed by atoms with E-state index < -0.39 is 0 Å². The number of carbonyl (C=O) groups is 1. The molecule has 2 heterocycles. The molecule has 5 nitrogen and oxygen atoms in total. The molecule has 1 aliphatic heterocycles. The predicted octanol–water partition coefficient (Wildman–Crippen LogP) is 0.741. The number of hydrogen-bond acceptors (Lipinski definition) is 3. The standard InChI is InChI=1S/C13H22N4O/c1-3-11-10(9-17(2)16-11)8-15-13(18)12-6-4-5-7-14-12/h9,12,14H,3-8H2,1-2H3,(H,15,18). The Hall–Kier alpha value is -1.36. The van der Waals surface area contributed by atoms with Crippen LogP contribution in [0.1, 0.15) is 37.4 Å². The quantitative estimate of drug-likeness (QED) is 0.828. The fraction of sp³-hybridized carbons (Fsp3) is 0.692. The van der Waals surface area contributed by atoms with Crippen molar-refractivity contribution in [2.75, 3.05) is 6.54 Å². The monoisotopic (exact) mass is 250 g/mol. The van der Waals surface area contributed by atoms with Crippen LogP contribution in [-0.4, -0.2) is 28.3 Å². The van der Waals surface area contributed by atoms with Crippen LogP contribution in [0, 0.1) is 0 Å². The van der Waals surface area contributed by atoms with Crippen molar-refractivity contribution in [3.8, 4) is 0 Å². The SMILES string of the molecule is CCc1nn(C)cc1CNC(=O)C1CCCCN1. The molecule has 100 valence electrons. The van der Waals surface area contributed by atoms with Gasteiger partial charge < -0.3 is 10.6 Å². The molecule has 1 unspecified atom stereocenters. The van der Waals surface area contributed by atoms with Crippen LogP contribution in [0.15, 0.2) is 6.20 Å². The Morgan fingerprint density at radius 3 is 3.11 bits per heavy atom. The fourth-order valence-corrected chi connectivity index (χ4v) is 2.41. The van der Waals surface area contributed by atoms with Gasteiger partial charge in [-0.1, -0.05) is 13.3 Å². The molecule has 1 amide bonds. The van der Waals surface area contributed by atoms with Crippen molar-refractivity contribution in [2.24, 2.45) is 7.05 Å². The molecule has 2 N–H and O–H groups in total. The number of carbonyl (C=O) groups excluding carboxylic acids is 1. The molecule has 1 atom stereocenters. The number of nitrogens with zero attached hydrogens (tertiary/aromatic N) is 2. The van der Waals surface area contributed by atoms with Crippen LogP contribution in [0.2, 0.25) is 0 Å². The largest absolute Gasteiger partial charge is 0.351 e. The van der Waals surface area contributed by atoms with E-state index in [0.29, 0.717) is 6.54 Å². The van der Waals surface area contributed by atoms with Gasteiger partial charge in [0.15, 0.2) is 0 Å². The lowest BCUT2D eigenvalue weighted by molar-refractivity contribution is -0.123. The van der Waals surface area contributed by atoms with Crippen LogP contribution in [-0.2, 0) is 24.8 Å². The van der Waals surface area contributed by atoms with Gasteiger partial charge in [-0.2, -0.15) is 5.10 Å². The Morgan fingerprint density at radius 2 is 2.44 bits per heavy atom. The highest BCUT2D eigenvalue weighted by molar-refractivity contribution is 5.81. The van der Waals surface area contributed by atoms with Crippen LogP contribution in [0.5, 0.6) is 0 Å². The van der Waals surface area contributed by atoms with Gasteiger partial charge in [0.05, 0.1) is 11.7 Å². The minimum absolute atomic E-state index is 0.0134. The van der Waals surface area contributed by atoms with Crippen molar-refractivity contribution in [1.29, 1.82) is 0 Å². The number of piperidine rings is 1. The first-order valence-corrected chi connectivity index (χ1v) is 6.73. The molecule has 0 aromatic carbocycles. The first kappa shape index (κ1) is 13.1. The third-order valence-corrected chi connectivity index (χ3v) is 3.41. The first-order valence-electron chi connectivity index (χ1n) is 6.73. The fourth-order valence-electron chi connectivity index (χ4n) is 2.41. The van der Waals surface area contributed by atoms with E-state index in [4.69, 9.17) is 0 Å². The van der Waals surface area contributed by atoms with Crippen LogP contribution in [0.3, 0.4) is 0 Å². The summed E-state index contributed by atoms with van der Waals surface area (Å²) in [6.45, 7) is 3.61. The van der Waals surface area contributed by atoms with Gasteiger partial charge in [-0.15, -0.1) is 0 Å². The van der Waals surface area contributed by atoms with E-state index in [1.54, 1.807) is 4.68 Å². The van der Waals surface area contributed by atoms with Crippen LogP contribution in [0.25, 0.3) is 0 Å². The third kappa shape index (κ3) is 3.10. The molecule has 0 aliphatic carbocycles. The van der Waals surface area contributed by atoms with E-state index in [1.807, 2.05) is 13.2 Å². The second-order valence-corrected chi connectivity index (χ2v) is 4.85. The summed E-state index contributed by atoms with van der Waals surface area (Å²) in [5, 5.41) is 10.6. The van der Waals surface area contributed by atoms with Gasteiger partial charge in [-0.25, -0.2) is 0 Å². The van der Waals surface area contributed by atoms with Crippen LogP contribution in [0.4, 0.5) is 0 Å². The maximum absolute atomic E-state index is 12.0. The van der Waals surface area contributed by atoms with Crippen molar-refractivity contribution in [3.63, 3.8) is 0 Å². The number of amides is 1. The normalized spacial score (nSPS) is 19.8. The topological polar surface area (TPSA) is 59.0 Å². The molecule has 0 radical (unpaired) electrons. The molecule has 1 aromatic heterocycles. The summed E-state index contributed by atoms with van der Waals surface area (Å²) < 4.78 is 1.80. The Labute approximate surface area is 108 Å². The van der Waals surface area contributed by atoms with Gasteiger partial charge >= 0.3 is 0 Å². The average molecular weight is 250 g/mol. The highest BCUT2D eigenvalue weighted by Gasteiger charge is 2.20. The van der Waals surface area contributed by atoms with E-state index in [0.717, 1.165) is 37.1 Å². The van der Waals surface area contributed by atoms with E-state index in [1.165, 1.54) is 6.42 Å². The third-order valence-electron chi connectivity index (χ3n) is 3.41. The van der Waals surface area contributed by atoms with Gasteiger partial charge in [0.1, 0.15) is 0 Å². The molecule has 1 aliphatic rings. The molecule has 0 spiro atoms. The van der Waals surface area contributed by atoms with Crippen LogP contribution >= 0.6 is 0 Å². The van der Waals surface area contributed by atoms with Crippen molar-refractivity contribution >= 4 is 5.91 Å². The molecular weight excluding hydrogens is 228 g/mol. The number of nitrogens with one attached hydrogen (secondary N) is 2.